The van der Waals surface area contributed by atoms with E-state index in [-0.39, 0.29) is 11.8 Å². The second kappa shape index (κ2) is 4.88. The molecule has 1 aliphatic rings. The molecule has 1 unspecified atom stereocenters. The molecule has 0 saturated carbocycles. The van der Waals surface area contributed by atoms with Gasteiger partial charge in [0.25, 0.3) is 5.91 Å². The molecule has 2 amide bonds. The molecule has 102 valence electrons. The van der Waals surface area contributed by atoms with Gasteiger partial charge in [0.15, 0.2) is 0 Å². The van der Waals surface area contributed by atoms with E-state index in [0.717, 1.165) is 5.52 Å². The van der Waals surface area contributed by atoms with Crippen molar-refractivity contribution in [2.24, 2.45) is 0 Å². The quantitative estimate of drug-likeness (QED) is 0.823. The van der Waals surface area contributed by atoms with Crippen LogP contribution in [0.1, 0.15) is 17.3 Å². The van der Waals surface area contributed by atoms with Gasteiger partial charge in [0.2, 0.25) is 5.91 Å². The molecule has 1 N–H and O–H groups in total. The average Bonchev–Trinajstić information content (AvgIpc) is 2.49. The van der Waals surface area contributed by atoms with E-state index in [4.69, 9.17) is 0 Å². The van der Waals surface area contributed by atoms with E-state index in [1.54, 1.807) is 42.4 Å². The van der Waals surface area contributed by atoms with Crippen LogP contribution in [0, 0.1) is 0 Å². The molecule has 2 heterocycles. The van der Waals surface area contributed by atoms with Gasteiger partial charge in [0, 0.05) is 31.0 Å². The van der Waals surface area contributed by atoms with Crippen LogP contribution in [0.2, 0.25) is 0 Å². The Kier molecular flexibility index (Phi) is 3.06. The van der Waals surface area contributed by atoms with Crippen molar-refractivity contribution in [2.45, 2.75) is 13.0 Å². The minimum Gasteiger partial charge on any atom is -0.353 e. The molecular formula is C14H14N4O2. The van der Waals surface area contributed by atoms with Gasteiger partial charge in [-0.25, -0.2) is 0 Å². The summed E-state index contributed by atoms with van der Waals surface area (Å²) >= 11 is 0. The lowest BCUT2D eigenvalue weighted by Crippen LogP contribution is -2.55. The number of amides is 2. The third-order valence-electron chi connectivity index (χ3n) is 3.48. The van der Waals surface area contributed by atoms with Crippen molar-refractivity contribution in [3.8, 4) is 0 Å². The van der Waals surface area contributed by atoms with E-state index in [1.807, 2.05) is 0 Å². The van der Waals surface area contributed by atoms with Gasteiger partial charge in [0.1, 0.15) is 6.04 Å². The monoisotopic (exact) mass is 270 g/mol. The number of rotatable bonds is 1. The van der Waals surface area contributed by atoms with Gasteiger partial charge >= 0.3 is 0 Å². The first kappa shape index (κ1) is 12.5. The van der Waals surface area contributed by atoms with Crippen molar-refractivity contribution in [3.63, 3.8) is 0 Å². The number of nitrogens with one attached hydrogen (secondary N) is 1. The number of piperazine rings is 1. The summed E-state index contributed by atoms with van der Waals surface area (Å²) in [5, 5.41) is 2.74. The van der Waals surface area contributed by atoms with E-state index in [9.17, 15) is 9.59 Å². The van der Waals surface area contributed by atoms with Crippen LogP contribution in [0.25, 0.3) is 11.0 Å². The molecule has 1 aromatic carbocycles. The highest BCUT2D eigenvalue weighted by molar-refractivity contribution is 6.00. The average molecular weight is 270 g/mol. The summed E-state index contributed by atoms with van der Waals surface area (Å²) in [6.07, 6.45) is 3.20. The molecular weight excluding hydrogens is 256 g/mol. The van der Waals surface area contributed by atoms with Crippen molar-refractivity contribution < 1.29 is 9.59 Å². The van der Waals surface area contributed by atoms with Gasteiger partial charge in [-0.1, -0.05) is 0 Å². The first-order valence-corrected chi connectivity index (χ1v) is 6.46. The predicted octanol–water partition coefficient (Wildman–Crippen LogP) is 0.590. The van der Waals surface area contributed by atoms with Crippen LogP contribution >= 0.6 is 0 Å². The summed E-state index contributed by atoms with van der Waals surface area (Å²) in [5.74, 6) is -0.273. The standard InChI is InChI=1S/C14H14N4O2/c1-9-13(19)17-6-7-18(9)14(20)10-2-3-11-12(8-10)16-5-4-15-11/h2-5,8-9H,6-7H2,1H3,(H,17,19). The van der Waals surface area contributed by atoms with Gasteiger partial charge < -0.3 is 10.2 Å². The van der Waals surface area contributed by atoms with Crippen LogP contribution in [0.3, 0.4) is 0 Å². The van der Waals surface area contributed by atoms with E-state index >= 15 is 0 Å². The molecule has 6 heteroatoms. The molecule has 20 heavy (non-hydrogen) atoms. The fraction of sp³-hybridized carbons (Fsp3) is 0.286. The van der Waals surface area contributed by atoms with E-state index in [1.165, 1.54) is 0 Å². The van der Waals surface area contributed by atoms with Gasteiger partial charge in [-0.3, -0.25) is 19.6 Å². The highest BCUT2D eigenvalue weighted by Gasteiger charge is 2.29. The zero-order valence-corrected chi connectivity index (χ0v) is 11.0. The number of benzene rings is 1. The van der Waals surface area contributed by atoms with E-state index in [2.05, 4.69) is 15.3 Å². The Morgan fingerprint density at radius 3 is 2.85 bits per heavy atom. The van der Waals surface area contributed by atoms with Crippen LogP contribution in [-0.4, -0.2) is 45.8 Å². The number of fused-ring (bicyclic) bond motifs is 1. The number of carbonyl (C=O) groups excluding carboxylic acids is 2. The van der Waals surface area contributed by atoms with Crippen LogP contribution < -0.4 is 5.32 Å². The summed E-state index contributed by atoms with van der Waals surface area (Å²) in [4.78, 5) is 34.1. The maximum absolute atomic E-state index is 12.5. The molecule has 0 aliphatic carbocycles. The normalized spacial score (nSPS) is 18.9. The topological polar surface area (TPSA) is 75.2 Å². The maximum atomic E-state index is 12.5. The zero-order chi connectivity index (χ0) is 14.1. The largest absolute Gasteiger partial charge is 0.353 e. The Balaban J connectivity index is 1.93. The predicted molar refractivity (Wildman–Crippen MR) is 73.0 cm³/mol. The molecule has 0 spiro atoms. The second-order valence-electron chi connectivity index (χ2n) is 4.73. The molecule has 0 radical (unpaired) electrons. The minimum absolute atomic E-state index is 0.120. The van der Waals surface area contributed by atoms with Gasteiger partial charge in [0.05, 0.1) is 11.0 Å². The van der Waals surface area contributed by atoms with Crippen LogP contribution in [0.5, 0.6) is 0 Å². The SMILES string of the molecule is CC1C(=O)NCCN1C(=O)c1ccc2nccnc2c1. The molecule has 2 aromatic rings. The lowest BCUT2D eigenvalue weighted by molar-refractivity contribution is -0.127. The Labute approximate surface area is 115 Å². The molecule has 6 nitrogen and oxygen atoms in total. The minimum atomic E-state index is -0.450. The highest BCUT2D eigenvalue weighted by atomic mass is 16.2. The fourth-order valence-electron chi connectivity index (χ4n) is 2.32. The van der Waals surface area contributed by atoms with Crippen LogP contribution in [0.15, 0.2) is 30.6 Å². The molecule has 3 rings (SSSR count). The van der Waals surface area contributed by atoms with E-state index in [0.29, 0.717) is 24.2 Å². The zero-order valence-electron chi connectivity index (χ0n) is 11.0. The number of carbonyl (C=O) groups is 2. The summed E-state index contributed by atoms with van der Waals surface area (Å²) in [7, 11) is 0. The molecule has 1 fully saturated rings. The number of hydrogen-bond donors (Lipinski definition) is 1. The fourth-order valence-corrected chi connectivity index (χ4v) is 2.32. The van der Waals surface area contributed by atoms with Crippen molar-refractivity contribution in [1.29, 1.82) is 0 Å². The first-order chi connectivity index (χ1) is 9.66. The highest BCUT2D eigenvalue weighted by Crippen LogP contribution is 2.15. The summed E-state index contributed by atoms with van der Waals surface area (Å²) < 4.78 is 0. The number of aromatic nitrogens is 2. The van der Waals surface area contributed by atoms with Gasteiger partial charge in [-0.2, -0.15) is 0 Å². The van der Waals surface area contributed by atoms with Gasteiger partial charge in [-0.05, 0) is 25.1 Å². The maximum Gasteiger partial charge on any atom is 0.254 e. The molecule has 1 atom stereocenters. The smallest absolute Gasteiger partial charge is 0.254 e. The summed E-state index contributed by atoms with van der Waals surface area (Å²) in [6.45, 7) is 2.74. The van der Waals surface area contributed by atoms with Crippen LogP contribution in [-0.2, 0) is 4.79 Å². The Morgan fingerprint density at radius 2 is 2.05 bits per heavy atom. The van der Waals surface area contributed by atoms with Crippen molar-refractivity contribution in [3.05, 3.63) is 36.2 Å². The molecule has 1 aromatic heterocycles. The second-order valence-corrected chi connectivity index (χ2v) is 4.73. The summed E-state index contributed by atoms with van der Waals surface area (Å²) in [5.41, 5.74) is 1.94. The summed E-state index contributed by atoms with van der Waals surface area (Å²) in [6, 6.07) is 4.75. The lowest BCUT2D eigenvalue weighted by atomic mass is 10.1. The van der Waals surface area contributed by atoms with Crippen LogP contribution in [0.4, 0.5) is 0 Å². The third-order valence-corrected chi connectivity index (χ3v) is 3.48. The molecule has 0 bridgehead atoms. The molecule has 1 aliphatic heterocycles. The first-order valence-electron chi connectivity index (χ1n) is 6.46. The van der Waals surface area contributed by atoms with Crippen molar-refractivity contribution >= 4 is 22.8 Å². The Morgan fingerprint density at radius 1 is 1.30 bits per heavy atom. The Hall–Kier alpha value is -2.50. The van der Waals surface area contributed by atoms with Crippen molar-refractivity contribution in [1.82, 2.24) is 20.2 Å². The number of hydrogen-bond acceptors (Lipinski definition) is 4. The lowest BCUT2D eigenvalue weighted by Gasteiger charge is -2.32. The van der Waals surface area contributed by atoms with E-state index < -0.39 is 6.04 Å². The third kappa shape index (κ3) is 2.09. The van der Waals surface area contributed by atoms with Crippen molar-refractivity contribution in [2.75, 3.05) is 13.1 Å². The molecule has 1 saturated heterocycles. The Bertz CT molecular complexity index is 686. The number of nitrogens with zero attached hydrogens (tertiary/aromatic N) is 3. The van der Waals surface area contributed by atoms with Gasteiger partial charge in [-0.15, -0.1) is 0 Å².